The third kappa shape index (κ3) is 5.02. The van der Waals surface area contributed by atoms with Crippen molar-refractivity contribution in [2.75, 3.05) is 13.2 Å². The van der Waals surface area contributed by atoms with Crippen molar-refractivity contribution in [3.8, 4) is 11.1 Å². The number of aryl methyl sites for hydroxylation is 1. The fourth-order valence-corrected chi connectivity index (χ4v) is 4.77. The zero-order valence-electron chi connectivity index (χ0n) is 16.8. The van der Waals surface area contributed by atoms with E-state index < -0.39 is 5.91 Å². The lowest BCUT2D eigenvalue weighted by Crippen LogP contribution is -2.34. The molecule has 3 heterocycles. The SMILES string of the molecule is Cc1ccc(-c2cn(CC3CCOCC3)cc(C(=O)NC3=NC=IC=C3)c2=O)cc1. The van der Waals surface area contributed by atoms with Gasteiger partial charge in [0.2, 0.25) is 5.43 Å². The van der Waals surface area contributed by atoms with E-state index in [9.17, 15) is 9.59 Å². The number of pyridine rings is 1. The summed E-state index contributed by atoms with van der Waals surface area (Å²) in [7, 11) is 0. The van der Waals surface area contributed by atoms with Gasteiger partial charge in [0.05, 0.1) is 4.14 Å². The predicted octanol–water partition coefficient (Wildman–Crippen LogP) is 3.64. The Morgan fingerprint density at radius 2 is 2.00 bits per heavy atom. The summed E-state index contributed by atoms with van der Waals surface area (Å²) in [6.45, 7) is 4.28. The summed E-state index contributed by atoms with van der Waals surface area (Å²) in [6, 6.07) is 7.81. The third-order valence-electron chi connectivity index (χ3n) is 5.28. The predicted molar refractivity (Wildman–Crippen MR) is 129 cm³/mol. The van der Waals surface area contributed by atoms with Gasteiger partial charge in [-0.05, 0) is 41.4 Å². The number of rotatable bonds is 4. The molecule has 1 saturated heterocycles. The fraction of sp³-hybridized carbons (Fsp3) is 0.304. The van der Waals surface area contributed by atoms with Crippen LogP contribution in [-0.4, -0.2) is 33.7 Å². The fourth-order valence-electron chi connectivity index (χ4n) is 3.57. The van der Waals surface area contributed by atoms with Crippen molar-refractivity contribution in [2.45, 2.75) is 26.3 Å². The van der Waals surface area contributed by atoms with E-state index in [1.807, 2.05) is 50.2 Å². The quantitative estimate of drug-likeness (QED) is 0.630. The monoisotopic (exact) mass is 517 g/mol. The highest BCUT2D eigenvalue weighted by molar-refractivity contribution is 14.2. The Balaban J connectivity index is 1.71. The lowest BCUT2D eigenvalue weighted by Gasteiger charge is -2.23. The van der Waals surface area contributed by atoms with Gasteiger partial charge >= 0.3 is 0 Å². The van der Waals surface area contributed by atoms with Gasteiger partial charge in [-0.3, -0.25) is 9.59 Å². The average molecular weight is 517 g/mol. The molecule has 30 heavy (non-hydrogen) atoms. The molecule has 0 aliphatic carbocycles. The molecule has 156 valence electrons. The normalized spacial score (nSPS) is 16.6. The van der Waals surface area contributed by atoms with E-state index in [4.69, 9.17) is 4.74 Å². The molecule has 2 aliphatic rings. The van der Waals surface area contributed by atoms with Crippen LogP contribution in [0.25, 0.3) is 11.1 Å². The van der Waals surface area contributed by atoms with Crippen molar-refractivity contribution in [3.63, 3.8) is 0 Å². The minimum absolute atomic E-state index is 0.136. The number of hydrogen-bond acceptors (Lipinski definition) is 4. The molecular weight excluding hydrogens is 493 g/mol. The van der Waals surface area contributed by atoms with Crippen molar-refractivity contribution in [1.82, 2.24) is 9.88 Å². The van der Waals surface area contributed by atoms with E-state index in [1.165, 1.54) is 0 Å². The average Bonchev–Trinajstić information content (AvgIpc) is 2.77. The molecule has 2 aromatic rings. The summed E-state index contributed by atoms with van der Waals surface area (Å²) in [5.74, 6) is 0.515. The van der Waals surface area contributed by atoms with Gasteiger partial charge < -0.3 is 14.6 Å². The topological polar surface area (TPSA) is 72.7 Å². The van der Waals surface area contributed by atoms with Crippen LogP contribution in [0, 0.1) is 12.8 Å². The summed E-state index contributed by atoms with van der Waals surface area (Å²) >= 11 is -0.175. The zero-order chi connectivity index (χ0) is 20.9. The minimum Gasteiger partial charge on any atom is -0.381 e. The number of hydrogen-bond donors (Lipinski definition) is 1. The van der Waals surface area contributed by atoms with Crippen LogP contribution in [0.5, 0.6) is 0 Å². The highest BCUT2D eigenvalue weighted by Crippen LogP contribution is 2.20. The van der Waals surface area contributed by atoms with Crippen LogP contribution in [0.1, 0.15) is 28.8 Å². The van der Waals surface area contributed by atoms with Gasteiger partial charge in [0.15, 0.2) is 0 Å². The Labute approximate surface area is 185 Å². The number of nitrogens with one attached hydrogen (secondary N) is 1. The maximum absolute atomic E-state index is 13.2. The lowest BCUT2D eigenvalue weighted by molar-refractivity contribution is 0.0612. The number of carbonyl (C=O) groups is 1. The van der Waals surface area contributed by atoms with Gasteiger partial charge in [-0.25, -0.2) is 4.99 Å². The number of nitrogens with zero attached hydrogens (tertiary/aromatic N) is 2. The van der Waals surface area contributed by atoms with Crippen LogP contribution in [0.2, 0.25) is 0 Å². The van der Waals surface area contributed by atoms with Gasteiger partial charge in [0.25, 0.3) is 5.91 Å². The second-order valence-corrected chi connectivity index (χ2v) is 9.51. The largest absolute Gasteiger partial charge is 0.381 e. The highest BCUT2D eigenvalue weighted by atomic mass is 127. The number of carbonyl (C=O) groups excluding carboxylic acids is 1. The molecule has 0 atom stereocenters. The number of amides is 1. The van der Waals surface area contributed by atoms with Crippen molar-refractivity contribution in [2.24, 2.45) is 10.9 Å². The molecule has 0 spiro atoms. The smallest absolute Gasteiger partial charge is 0.262 e. The van der Waals surface area contributed by atoms with Crippen molar-refractivity contribution < 1.29 is 9.53 Å². The Morgan fingerprint density at radius 3 is 2.70 bits per heavy atom. The van der Waals surface area contributed by atoms with E-state index in [1.54, 1.807) is 12.3 Å². The van der Waals surface area contributed by atoms with Crippen LogP contribution in [-0.2, 0) is 11.3 Å². The molecule has 0 bridgehead atoms. The van der Waals surface area contributed by atoms with Crippen LogP contribution < -0.4 is 10.7 Å². The molecule has 2 aliphatic heterocycles. The van der Waals surface area contributed by atoms with E-state index in [-0.39, 0.29) is 31.7 Å². The molecule has 0 radical (unpaired) electrons. The Kier molecular flexibility index (Phi) is 6.69. The maximum Gasteiger partial charge on any atom is 0.262 e. The lowest BCUT2D eigenvalue weighted by atomic mass is 9.99. The molecule has 1 aromatic carbocycles. The van der Waals surface area contributed by atoms with Crippen LogP contribution in [0.4, 0.5) is 0 Å². The summed E-state index contributed by atoms with van der Waals surface area (Å²) in [5, 5.41) is 2.77. The number of aromatic nitrogens is 1. The third-order valence-corrected chi connectivity index (χ3v) is 6.65. The first kappa shape index (κ1) is 20.9. The first-order valence-corrected chi connectivity index (χ1v) is 12.5. The van der Waals surface area contributed by atoms with E-state index in [0.29, 0.717) is 17.3 Å². The standard InChI is InChI=1S/C23H24IN3O3/c1-16-2-4-18(5-3-16)19-13-27(12-17-7-10-30-11-8-17)14-20(22(19)28)23(29)26-21-6-9-24-15-25-21/h2-6,9,13-15,17H,7-8,10-12H2,1H3,(H,25,26,29). The molecule has 1 amide bonds. The summed E-state index contributed by atoms with van der Waals surface area (Å²) in [4.78, 5) is 30.4. The second kappa shape index (κ2) is 9.61. The highest BCUT2D eigenvalue weighted by Gasteiger charge is 2.20. The maximum atomic E-state index is 13.2. The van der Waals surface area contributed by atoms with Gasteiger partial charge in [0.1, 0.15) is 11.4 Å². The number of amidine groups is 1. The number of halogens is 1. The molecule has 1 fully saturated rings. The molecule has 4 rings (SSSR count). The summed E-state index contributed by atoms with van der Waals surface area (Å²) in [5.41, 5.74) is 2.34. The van der Waals surface area contributed by atoms with Crippen molar-refractivity contribution >= 4 is 36.6 Å². The van der Waals surface area contributed by atoms with E-state index in [2.05, 4.69) is 10.3 Å². The molecule has 0 saturated carbocycles. The minimum atomic E-state index is -0.424. The molecule has 7 heteroatoms. The summed E-state index contributed by atoms with van der Waals surface area (Å²) < 4.78 is 11.3. The molecule has 1 aromatic heterocycles. The van der Waals surface area contributed by atoms with Crippen LogP contribution >= 0.6 is 20.7 Å². The molecule has 0 unspecified atom stereocenters. The Morgan fingerprint density at radius 1 is 1.23 bits per heavy atom. The number of ether oxygens (including phenoxy) is 1. The van der Waals surface area contributed by atoms with Gasteiger partial charge in [-0.1, -0.05) is 50.6 Å². The van der Waals surface area contributed by atoms with Crippen molar-refractivity contribution in [3.05, 3.63) is 68.2 Å². The Hall–Kier alpha value is -2.39. The second-order valence-electron chi connectivity index (χ2n) is 7.52. The van der Waals surface area contributed by atoms with Gasteiger partial charge in [0, 0.05) is 37.7 Å². The first-order valence-electron chi connectivity index (χ1n) is 9.98. The first-order chi connectivity index (χ1) is 14.6. The van der Waals surface area contributed by atoms with E-state index >= 15 is 0 Å². The van der Waals surface area contributed by atoms with Crippen LogP contribution in [0.15, 0.2) is 56.6 Å². The number of aliphatic imine (C=N–C) groups is 1. The van der Waals surface area contributed by atoms with Crippen LogP contribution in [0.3, 0.4) is 0 Å². The molecule has 6 nitrogen and oxygen atoms in total. The van der Waals surface area contributed by atoms with E-state index in [0.717, 1.165) is 43.7 Å². The zero-order valence-corrected chi connectivity index (χ0v) is 19.0. The van der Waals surface area contributed by atoms with Gasteiger partial charge in [-0.2, -0.15) is 0 Å². The van der Waals surface area contributed by atoms with Gasteiger partial charge in [-0.15, -0.1) is 0 Å². The number of benzene rings is 1. The molecular formula is C23H24IN3O3. The molecule has 1 N–H and O–H groups in total. The van der Waals surface area contributed by atoms with Crippen molar-refractivity contribution in [1.29, 1.82) is 0 Å². The summed E-state index contributed by atoms with van der Waals surface area (Å²) in [6.07, 6.45) is 7.31. The Bertz CT molecular complexity index is 1080.